The molecule has 0 spiro atoms. The fourth-order valence-corrected chi connectivity index (χ4v) is 3.75. The second kappa shape index (κ2) is 8.46. The Hall–Kier alpha value is -2.91. The maximum absolute atomic E-state index is 14.4. The van der Waals surface area contributed by atoms with Gasteiger partial charge in [0.15, 0.2) is 5.69 Å². The molecule has 5 nitrogen and oxygen atoms in total. The Morgan fingerprint density at radius 1 is 1.24 bits per heavy atom. The first-order valence-electron chi connectivity index (χ1n) is 10.2. The zero-order valence-electron chi connectivity index (χ0n) is 17.5. The van der Waals surface area contributed by atoms with Gasteiger partial charge in [0.2, 0.25) is 5.91 Å². The summed E-state index contributed by atoms with van der Waals surface area (Å²) >= 11 is 5.96. The second-order valence-corrected chi connectivity index (χ2v) is 8.56. The summed E-state index contributed by atoms with van der Waals surface area (Å²) in [7, 11) is 0. The highest BCUT2D eigenvalue weighted by atomic mass is 35.5. The summed E-state index contributed by atoms with van der Waals surface area (Å²) < 4.78 is 55.2. The summed E-state index contributed by atoms with van der Waals surface area (Å²) in [6.07, 6.45) is -3.69. The first kappa shape index (κ1) is 23.3. The summed E-state index contributed by atoms with van der Waals surface area (Å²) in [5.41, 5.74) is -1.24. The molecule has 2 aromatic carbocycles. The van der Waals surface area contributed by atoms with Crippen LogP contribution in [0, 0.1) is 5.82 Å². The van der Waals surface area contributed by atoms with E-state index in [2.05, 4.69) is 10.4 Å². The van der Waals surface area contributed by atoms with Gasteiger partial charge >= 0.3 is 6.18 Å². The van der Waals surface area contributed by atoms with E-state index >= 15 is 0 Å². The number of hydrogen-bond donors (Lipinski definition) is 2. The molecule has 1 aliphatic carbocycles. The third-order valence-corrected chi connectivity index (χ3v) is 5.92. The molecule has 0 saturated heterocycles. The summed E-state index contributed by atoms with van der Waals surface area (Å²) in [5, 5.41) is 16.7. The van der Waals surface area contributed by atoms with Crippen molar-refractivity contribution in [3.8, 4) is 5.69 Å². The molecule has 1 heterocycles. The van der Waals surface area contributed by atoms with Crippen molar-refractivity contribution in [2.45, 2.75) is 44.0 Å². The van der Waals surface area contributed by atoms with Crippen molar-refractivity contribution in [1.29, 1.82) is 0 Å². The Kier molecular flexibility index (Phi) is 5.96. The van der Waals surface area contributed by atoms with Crippen LogP contribution >= 0.6 is 11.6 Å². The molecule has 1 fully saturated rings. The highest BCUT2D eigenvalue weighted by Crippen LogP contribution is 2.46. The molecule has 4 rings (SSSR count). The molecule has 1 aromatic heterocycles. The number of carbonyl (C=O) groups excluding carboxylic acids is 1. The third kappa shape index (κ3) is 4.89. The lowest BCUT2D eigenvalue weighted by molar-refractivity contribution is -0.141. The predicted molar refractivity (Wildman–Crippen MR) is 113 cm³/mol. The lowest BCUT2D eigenvalue weighted by atomic mass is 9.96. The Morgan fingerprint density at radius 3 is 2.58 bits per heavy atom. The van der Waals surface area contributed by atoms with Gasteiger partial charge in [0.05, 0.1) is 29.4 Å². The van der Waals surface area contributed by atoms with E-state index in [-0.39, 0.29) is 17.8 Å². The molecular weight excluding hydrogens is 462 g/mol. The maximum atomic E-state index is 14.4. The highest BCUT2D eigenvalue weighted by Gasteiger charge is 2.44. The molecule has 174 valence electrons. The van der Waals surface area contributed by atoms with Crippen LogP contribution in [0.15, 0.2) is 48.5 Å². The monoisotopic (exact) mass is 481 g/mol. The number of benzene rings is 2. The molecule has 3 aromatic rings. The fourth-order valence-electron chi connectivity index (χ4n) is 3.56. The summed E-state index contributed by atoms with van der Waals surface area (Å²) in [4.78, 5) is 12.7. The van der Waals surface area contributed by atoms with Crippen LogP contribution in [0.1, 0.15) is 48.2 Å². The van der Waals surface area contributed by atoms with E-state index in [9.17, 15) is 27.5 Å². The SMILES string of the molecule is CC(C(=O)NCc1cc(C(F)(F)F)nn1-c1cccc(Cl)c1)c1ccc(C2(O)CC2)c(F)c1. The van der Waals surface area contributed by atoms with E-state index in [0.717, 1.165) is 10.7 Å². The highest BCUT2D eigenvalue weighted by molar-refractivity contribution is 6.30. The number of halogens is 5. The molecule has 33 heavy (non-hydrogen) atoms. The number of amides is 1. The number of aliphatic hydroxyl groups is 1. The predicted octanol–water partition coefficient (Wildman–Crippen LogP) is 5.08. The fraction of sp³-hybridized carbons (Fsp3) is 0.304. The zero-order chi connectivity index (χ0) is 24.0. The number of aromatic nitrogens is 2. The Labute approximate surface area is 192 Å². The lowest BCUT2D eigenvalue weighted by Gasteiger charge is -2.16. The molecule has 0 bridgehead atoms. The topological polar surface area (TPSA) is 67.2 Å². The summed E-state index contributed by atoms with van der Waals surface area (Å²) in [6, 6.07) is 11.3. The molecular formula is C23H20ClF4N3O2. The number of hydrogen-bond acceptors (Lipinski definition) is 3. The van der Waals surface area contributed by atoms with E-state index in [0.29, 0.717) is 29.1 Å². The molecule has 1 atom stereocenters. The Balaban J connectivity index is 1.53. The average molecular weight is 482 g/mol. The number of carbonyl (C=O) groups is 1. The molecule has 0 aliphatic heterocycles. The minimum absolute atomic E-state index is 0.0997. The molecule has 1 aliphatic rings. The molecule has 0 radical (unpaired) electrons. The van der Waals surface area contributed by atoms with Crippen molar-refractivity contribution in [3.05, 3.63) is 81.9 Å². The van der Waals surface area contributed by atoms with Crippen molar-refractivity contribution in [1.82, 2.24) is 15.1 Å². The maximum Gasteiger partial charge on any atom is 0.435 e. The zero-order valence-corrected chi connectivity index (χ0v) is 18.2. The number of rotatable bonds is 6. The quantitative estimate of drug-likeness (QED) is 0.482. The Morgan fingerprint density at radius 2 is 1.97 bits per heavy atom. The van der Waals surface area contributed by atoms with Gasteiger partial charge in [-0.3, -0.25) is 4.79 Å². The van der Waals surface area contributed by atoms with Crippen LogP contribution in [0.5, 0.6) is 0 Å². The van der Waals surface area contributed by atoms with Crippen LogP contribution < -0.4 is 5.32 Å². The molecule has 1 amide bonds. The molecule has 1 saturated carbocycles. The van der Waals surface area contributed by atoms with Gasteiger partial charge in [-0.05, 0) is 55.7 Å². The first-order valence-corrected chi connectivity index (χ1v) is 10.6. The number of nitrogens with one attached hydrogen (secondary N) is 1. The van der Waals surface area contributed by atoms with Crippen LogP contribution in [-0.2, 0) is 23.1 Å². The third-order valence-electron chi connectivity index (χ3n) is 5.68. The molecule has 2 N–H and O–H groups in total. The lowest BCUT2D eigenvalue weighted by Crippen LogP contribution is -2.28. The van der Waals surface area contributed by atoms with Gasteiger partial charge in [0.1, 0.15) is 5.82 Å². The molecule has 1 unspecified atom stereocenters. The van der Waals surface area contributed by atoms with E-state index in [1.165, 1.54) is 18.2 Å². The second-order valence-electron chi connectivity index (χ2n) is 8.12. The van der Waals surface area contributed by atoms with Crippen molar-refractivity contribution >= 4 is 17.5 Å². The van der Waals surface area contributed by atoms with Gasteiger partial charge in [-0.1, -0.05) is 29.8 Å². The van der Waals surface area contributed by atoms with Crippen LogP contribution in [0.2, 0.25) is 5.02 Å². The van der Waals surface area contributed by atoms with E-state index in [1.807, 2.05) is 0 Å². The minimum Gasteiger partial charge on any atom is -0.385 e. The van der Waals surface area contributed by atoms with Gasteiger partial charge in [-0.25, -0.2) is 9.07 Å². The van der Waals surface area contributed by atoms with Crippen LogP contribution in [0.3, 0.4) is 0 Å². The smallest absolute Gasteiger partial charge is 0.385 e. The summed E-state index contributed by atoms with van der Waals surface area (Å²) in [6.45, 7) is 1.32. The average Bonchev–Trinajstić information content (AvgIpc) is 3.33. The Bertz CT molecular complexity index is 1200. The van der Waals surface area contributed by atoms with E-state index < -0.39 is 35.1 Å². The van der Waals surface area contributed by atoms with Crippen molar-refractivity contribution in [2.24, 2.45) is 0 Å². The van der Waals surface area contributed by atoms with Crippen molar-refractivity contribution < 1.29 is 27.5 Å². The van der Waals surface area contributed by atoms with Crippen LogP contribution in [0.25, 0.3) is 5.69 Å². The van der Waals surface area contributed by atoms with Gasteiger partial charge in [0, 0.05) is 10.6 Å². The van der Waals surface area contributed by atoms with Gasteiger partial charge < -0.3 is 10.4 Å². The molecule has 10 heteroatoms. The minimum atomic E-state index is -4.67. The standard InChI is InChI=1S/C23H20ClF4N3O2/c1-13(14-5-6-18(19(25)9-14)22(33)7-8-22)21(32)29-12-17-11-20(23(26,27)28)30-31(17)16-4-2-3-15(24)10-16/h2-6,9-11,13,33H,7-8,12H2,1H3,(H,29,32). The first-order chi connectivity index (χ1) is 15.5. The van der Waals surface area contributed by atoms with Gasteiger partial charge in [-0.15, -0.1) is 0 Å². The van der Waals surface area contributed by atoms with Crippen molar-refractivity contribution in [3.63, 3.8) is 0 Å². The van der Waals surface area contributed by atoms with Crippen LogP contribution in [0.4, 0.5) is 17.6 Å². The normalized spacial score (nSPS) is 15.8. The van der Waals surface area contributed by atoms with E-state index in [1.54, 1.807) is 31.2 Å². The van der Waals surface area contributed by atoms with Gasteiger partial charge in [-0.2, -0.15) is 18.3 Å². The number of nitrogens with zero attached hydrogens (tertiary/aromatic N) is 2. The van der Waals surface area contributed by atoms with Gasteiger partial charge in [0.25, 0.3) is 0 Å². The summed E-state index contributed by atoms with van der Waals surface area (Å²) in [5.74, 6) is -1.87. The largest absolute Gasteiger partial charge is 0.435 e. The van der Waals surface area contributed by atoms with Crippen molar-refractivity contribution in [2.75, 3.05) is 0 Å². The van der Waals surface area contributed by atoms with Crippen LogP contribution in [-0.4, -0.2) is 20.8 Å². The van der Waals surface area contributed by atoms with E-state index in [4.69, 9.17) is 11.6 Å². The number of alkyl halides is 3.